The molecule has 9 heteroatoms. The van der Waals surface area contributed by atoms with Crippen molar-refractivity contribution in [3.63, 3.8) is 0 Å². The molecular weight excluding hydrogens is 330 g/mol. The van der Waals surface area contributed by atoms with E-state index in [-0.39, 0.29) is 17.4 Å². The van der Waals surface area contributed by atoms with Crippen LogP contribution in [0, 0.1) is 6.92 Å². The molecule has 8 nitrogen and oxygen atoms in total. The highest BCUT2D eigenvalue weighted by molar-refractivity contribution is 7.08. The van der Waals surface area contributed by atoms with Gasteiger partial charge in [-0.05, 0) is 24.4 Å². The number of ether oxygens (including phenoxy) is 1. The fraction of sp³-hybridized carbons (Fsp3) is 0.533. The Balaban J connectivity index is 1.81. The summed E-state index contributed by atoms with van der Waals surface area (Å²) >= 11 is 1.11. The zero-order valence-corrected chi connectivity index (χ0v) is 14.6. The molecule has 1 aliphatic rings. The fourth-order valence-corrected chi connectivity index (χ4v) is 3.41. The lowest BCUT2D eigenvalue weighted by Gasteiger charge is -2.32. The van der Waals surface area contributed by atoms with Crippen molar-refractivity contribution in [1.82, 2.24) is 24.5 Å². The maximum Gasteiger partial charge on any atom is 0.267 e. The summed E-state index contributed by atoms with van der Waals surface area (Å²) in [7, 11) is 0. The van der Waals surface area contributed by atoms with Gasteiger partial charge in [0.15, 0.2) is 0 Å². The number of hydrogen-bond donors (Lipinski definition) is 1. The third kappa shape index (κ3) is 3.36. The average Bonchev–Trinajstić information content (AvgIpc) is 3.03. The van der Waals surface area contributed by atoms with E-state index >= 15 is 0 Å². The van der Waals surface area contributed by atoms with Crippen molar-refractivity contribution in [1.29, 1.82) is 0 Å². The number of nitrogens with zero attached hydrogens (tertiary/aromatic N) is 4. The third-order valence-corrected chi connectivity index (χ3v) is 4.53. The van der Waals surface area contributed by atoms with E-state index in [1.54, 1.807) is 11.8 Å². The van der Waals surface area contributed by atoms with E-state index in [4.69, 9.17) is 4.74 Å². The zero-order chi connectivity index (χ0) is 17.3. The number of aromatic amines is 1. The second-order valence-electron chi connectivity index (χ2n) is 6.02. The molecule has 1 N–H and O–H groups in total. The van der Waals surface area contributed by atoms with Crippen LogP contribution < -0.4 is 5.56 Å². The van der Waals surface area contributed by atoms with Crippen LogP contribution in [0.15, 0.2) is 10.9 Å². The number of carbonyl (C=O) groups excluding carboxylic acids is 1. The van der Waals surface area contributed by atoms with Gasteiger partial charge in [0.1, 0.15) is 16.8 Å². The van der Waals surface area contributed by atoms with Crippen molar-refractivity contribution >= 4 is 17.4 Å². The summed E-state index contributed by atoms with van der Waals surface area (Å²) in [5.41, 5.74) is 1.11. The van der Waals surface area contributed by atoms with Crippen LogP contribution in [0.4, 0.5) is 0 Å². The first-order chi connectivity index (χ1) is 11.5. The number of H-pyrrole nitrogens is 1. The van der Waals surface area contributed by atoms with Crippen LogP contribution in [0.2, 0.25) is 0 Å². The monoisotopic (exact) mass is 349 g/mol. The Morgan fingerprint density at radius 1 is 1.50 bits per heavy atom. The number of morpholine rings is 1. The molecule has 24 heavy (non-hydrogen) atoms. The van der Waals surface area contributed by atoms with E-state index in [2.05, 4.69) is 19.6 Å². The molecule has 1 amide bonds. The highest BCUT2D eigenvalue weighted by Gasteiger charge is 2.30. The molecule has 2 aromatic heterocycles. The van der Waals surface area contributed by atoms with E-state index < -0.39 is 6.10 Å². The SMILES string of the molecule is Cc1cc(=O)[nH]c(C2CN(C(=O)c3snnc3C(C)C)CCO2)n1. The highest BCUT2D eigenvalue weighted by Crippen LogP contribution is 2.25. The molecule has 0 bridgehead atoms. The molecule has 2 aromatic rings. The lowest BCUT2D eigenvalue weighted by atomic mass is 10.1. The molecule has 3 rings (SSSR count). The second kappa shape index (κ2) is 6.78. The van der Waals surface area contributed by atoms with Crippen molar-refractivity contribution in [2.45, 2.75) is 32.8 Å². The summed E-state index contributed by atoms with van der Waals surface area (Å²) < 4.78 is 9.61. The number of carbonyl (C=O) groups is 1. The molecule has 0 aromatic carbocycles. The van der Waals surface area contributed by atoms with Gasteiger partial charge in [0.25, 0.3) is 11.5 Å². The van der Waals surface area contributed by atoms with Gasteiger partial charge in [0, 0.05) is 18.3 Å². The maximum atomic E-state index is 12.8. The first-order valence-corrected chi connectivity index (χ1v) is 8.54. The molecular formula is C15H19N5O3S. The lowest BCUT2D eigenvalue weighted by Crippen LogP contribution is -2.43. The Morgan fingerprint density at radius 2 is 2.29 bits per heavy atom. The normalized spacial score (nSPS) is 18.2. The van der Waals surface area contributed by atoms with Crippen LogP contribution in [0.25, 0.3) is 0 Å². The van der Waals surface area contributed by atoms with Crippen molar-refractivity contribution in [2.75, 3.05) is 19.7 Å². The molecule has 1 atom stereocenters. The fourth-order valence-electron chi connectivity index (χ4n) is 2.62. The molecule has 1 aliphatic heterocycles. The van der Waals surface area contributed by atoms with Crippen molar-refractivity contribution in [2.24, 2.45) is 0 Å². The zero-order valence-electron chi connectivity index (χ0n) is 13.8. The quantitative estimate of drug-likeness (QED) is 0.895. The minimum atomic E-state index is -0.446. The van der Waals surface area contributed by atoms with Crippen LogP contribution in [0.5, 0.6) is 0 Å². The molecule has 1 saturated heterocycles. The van der Waals surface area contributed by atoms with Gasteiger partial charge in [-0.25, -0.2) is 4.98 Å². The van der Waals surface area contributed by atoms with Crippen LogP contribution in [0.3, 0.4) is 0 Å². The maximum absolute atomic E-state index is 12.8. The van der Waals surface area contributed by atoms with Crippen LogP contribution >= 0.6 is 11.5 Å². The highest BCUT2D eigenvalue weighted by atomic mass is 32.1. The van der Waals surface area contributed by atoms with E-state index in [1.807, 2.05) is 13.8 Å². The molecule has 1 fully saturated rings. The predicted molar refractivity (Wildman–Crippen MR) is 88.2 cm³/mol. The van der Waals surface area contributed by atoms with E-state index in [1.165, 1.54) is 6.07 Å². The lowest BCUT2D eigenvalue weighted by molar-refractivity contribution is -0.0268. The van der Waals surface area contributed by atoms with Gasteiger partial charge >= 0.3 is 0 Å². The van der Waals surface area contributed by atoms with E-state index in [0.717, 1.165) is 17.2 Å². The Labute approximate surface area is 143 Å². The Hall–Kier alpha value is -2.13. The molecule has 0 radical (unpaired) electrons. The molecule has 128 valence electrons. The summed E-state index contributed by atoms with van der Waals surface area (Å²) in [5.74, 6) is 0.482. The van der Waals surface area contributed by atoms with Crippen LogP contribution in [-0.4, -0.2) is 50.1 Å². The number of aromatic nitrogens is 4. The summed E-state index contributed by atoms with van der Waals surface area (Å²) in [6.45, 7) is 6.93. The third-order valence-electron chi connectivity index (χ3n) is 3.80. The van der Waals surface area contributed by atoms with Gasteiger partial charge in [-0.1, -0.05) is 18.3 Å². The summed E-state index contributed by atoms with van der Waals surface area (Å²) in [6, 6.07) is 1.42. The summed E-state index contributed by atoms with van der Waals surface area (Å²) in [6.07, 6.45) is -0.446. The van der Waals surface area contributed by atoms with Gasteiger partial charge in [0.2, 0.25) is 0 Å². The minimum absolute atomic E-state index is 0.1000. The smallest absolute Gasteiger partial charge is 0.267 e. The summed E-state index contributed by atoms with van der Waals surface area (Å²) in [5, 5.41) is 4.06. The second-order valence-corrected chi connectivity index (χ2v) is 6.78. The number of rotatable bonds is 3. The molecule has 1 unspecified atom stereocenters. The molecule has 0 spiro atoms. The van der Waals surface area contributed by atoms with Crippen LogP contribution in [-0.2, 0) is 4.74 Å². The molecule has 0 saturated carbocycles. The molecule has 0 aliphatic carbocycles. The van der Waals surface area contributed by atoms with Gasteiger partial charge in [0.05, 0.1) is 18.8 Å². The van der Waals surface area contributed by atoms with E-state index in [9.17, 15) is 9.59 Å². The average molecular weight is 349 g/mol. The number of aryl methyl sites for hydroxylation is 1. The largest absolute Gasteiger partial charge is 0.367 e. The summed E-state index contributed by atoms with van der Waals surface area (Å²) in [4.78, 5) is 33.7. The number of nitrogens with one attached hydrogen (secondary N) is 1. The van der Waals surface area contributed by atoms with Crippen molar-refractivity contribution < 1.29 is 9.53 Å². The van der Waals surface area contributed by atoms with Crippen molar-refractivity contribution in [3.05, 3.63) is 38.5 Å². The first kappa shape index (κ1) is 16.7. The van der Waals surface area contributed by atoms with Gasteiger partial charge in [-0.15, -0.1) is 5.10 Å². The standard InChI is InChI=1S/C15H19N5O3S/c1-8(2)12-13(24-19-18-12)15(22)20-4-5-23-10(7-20)14-16-9(3)6-11(21)17-14/h6,8,10H,4-5,7H2,1-3H3,(H,16,17,21). The van der Waals surface area contributed by atoms with Gasteiger partial charge in [-0.3, -0.25) is 9.59 Å². The van der Waals surface area contributed by atoms with Crippen LogP contribution in [0.1, 0.15) is 52.8 Å². The van der Waals surface area contributed by atoms with Gasteiger partial charge < -0.3 is 14.6 Å². The predicted octanol–water partition coefficient (Wildman–Crippen LogP) is 1.27. The number of hydrogen-bond acceptors (Lipinski definition) is 7. The van der Waals surface area contributed by atoms with Gasteiger partial charge in [-0.2, -0.15) is 0 Å². The Morgan fingerprint density at radius 3 is 3.00 bits per heavy atom. The number of amides is 1. The molecule has 3 heterocycles. The minimum Gasteiger partial charge on any atom is -0.367 e. The topological polar surface area (TPSA) is 101 Å². The first-order valence-electron chi connectivity index (χ1n) is 7.76. The Kier molecular flexibility index (Phi) is 4.72. The van der Waals surface area contributed by atoms with Crippen molar-refractivity contribution in [3.8, 4) is 0 Å². The van der Waals surface area contributed by atoms with E-state index in [0.29, 0.717) is 36.1 Å². The Bertz CT molecular complexity index is 800.